The maximum Gasteiger partial charge on any atom is 0.215 e. The molecule has 0 amide bonds. The van der Waals surface area contributed by atoms with Crippen LogP contribution in [0, 0.1) is 0 Å². The van der Waals surface area contributed by atoms with Crippen LogP contribution in [-0.2, 0) is 19.9 Å². The van der Waals surface area contributed by atoms with Crippen molar-refractivity contribution in [2.45, 2.75) is 12.5 Å². The summed E-state index contributed by atoms with van der Waals surface area (Å²) in [6.45, 7) is 0.347. The largest absolute Gasteiger partial charge is 0.392 e. The van der Waals surface area contributed by atoms with Crippen LogP contribution in [0.3, 0.4) is 0 Å². The van der Waals surface area contributed by atoms with Gasteiger partial charge in [-0.2, -0.15) is 4.31 Å². The highest BCUT2D eigenvalue weighted by molar-refractivity contribution is 7.93. The lowest BCUT2D eigenvalue weighted by Crippen LogP contribution is -2.33. The normalized spacial score (nSPS) is 24.5. The highest BCUT2D eigenvalue weighted by Gasteiger charge is 2.30. The third-order valence-corrected chi connectivity index (χ3v) is 5.27. The van der Waals surface area contributed by atoms with Crippen molar-refractivity contribution in [1.82, 2.24) is 4.31 Å². The lowest BCUT2D eigenvalue weighted by atomic mass is 10.3. The van der Waals surface area contributed by atoms with Crippen LogP contribution in [-0.4, -0.2) is 63.2 Å². The molecule has 0 unspecified atom stereocenters. The zero-order valence-corrected chi connectivity index (χ0v) is 10.1. The Hall–Kier alpha value is -0.180. The Labute approximate surface area is 89.9 Å². The van der Waals surface area contributed by atoms with Gasteiger partial charge in [0.15, 0.2) is 0 Å². The summed E-state index contributed by atoms with van der Waals surface area (Å²) < 4.78 is 45.9. The predicted octanol–water partition coefficient (Wildman–Crippen LogP) is -1.57. The molecule has 0 aliphatic carbocycles. The highest BCUT2D eigenvalue weighted by atomic mass is 32.2. The molecule has 0 aromatic heterocycles. The molecule has 0 saturated carbocycles. The van der Waals surface area contributed by atoms with E-state index in [0.29, 0.717) is 6.42 Å². The zero-order chi connectivity index (χ0) is 11.7. The number of aliphatic hydroxyl groups is 1. The van der Waals surface area contributed by atoms with Gasteiger partial charge in [-0.05, 0) is 6.42 Å². The van der Waals surface area contributed by atoms with E-state index in [0.717, 1.165) is 10.6 Å². The van der Waals surface area contributed by atoms with E-state index in [-0.39, 0.29) is 18.8 Å². The fraction of sp³-hybridized carbons (Fsp3) is 1.00. The van der Waals surface area contributed by atoms with Gasteiger partial charge < -0.3 is 5.11 Å². The van der Waals surface area contributed by atoms with Gasteiger partial charge in [-0.1, -0.05) is 0 Å². The van der Waals surface area contributed by atoms with Crippen LogP contribution in [0.4, 0.5) is 0 Å². The quantitative estimate of drug-likeness (QED) is 0.657. The molecule has 1 saturated heterocycles. The third-order valence-electron chi connectivity index (χ3n) is 2.23. The Morgan fingerprint density at radius 1 is 1.27 bits per heavy atom. The smallest absolute Gasteiger partial charge is 0.215 e. The van der Waals surface area contributed by atoms with Gasteiger partial charge in [0.05, 0.1) is 17.6 Å². The average Bonchev–Trinajstić information content (AvgIpc) is 2.48. The van der Waals surface area contributed by atoms with Crippen LogP contribution < -0.4 is 0 Å². The molecule has 1 rings (SSSR count). The fourth-order valence-electron chi connectivity index (χ4n) is 1.35. The Kier molecular flexibility index (Phi) is 3.75. The average molecular weight is 257 g/mol. The summed E-state index contributed by atoms with van der Waals surface area (Å²) in [5.74, 6) is -0.777. The molecule has 1 N–H and O–H groups in total. The summed E-state index contributed by atoms with van der Waals surface area (Å²) in [7, 11) is -6.80. The van der Waals surface area contributed by atoms with Gasteiger partial charge in [-0.25, -0.2) is 16.8 Å². The molecular formula is C7H15NO5S2. The third kappa shape index (κ3) is 4.06. The molecule has 1 aliphatic heterocycles. The topological polar surface area (TPSA) is 91.8 Å². The summed E-state index contributed by atoms with van der Waals surface area (Å²) in [5.41, 5.74) is 0. The lowest BCUT2D eigenvalue weighted by Gasteiger charge is -2.14. The molecular weight excluding hydrogens is 242 g/mol. The standard InChI is InChI=1S/C7H15NO5S2/c1-14(10,11)4-5-15(12,13)8-3-2-7(9)6-8/h7,9H,2-6H2,1H3/t7-/m0/s1. The first-order chi connectivity index (χ1) is 6.71. The molecule has 1 aliphatic rings. The van der Waals surface area contributed by atoms with Crippen molar-refractivity contribution < 1.29 is 21.9 Å². The van der Waals surface area contributed by atoms with Crippen molar-refractivity contribution in [3.63, 3.8) is 0 Å². The molecule has 1 atom stereocenters. The number of sulfonamides is 1. The summed E-state index contributed by atoms with van der Waals surface area (Å²) in [5, 5.41) is 9.17. The molecule has 0 bridgehead atoms. The number of hydrogen-bond acceptors (Lipinski definition) is 5. The fourth-order valence-corrected chi connectivity index (χ4v) is 4.44. The molecule has 0 spiro atoms. The summed E-state index contributed by atoms with van der Waals surface area (Å²) >= 11 is 0. The van der Waals surface area contributed by atoms with Crippen molar-refractivity contribution in [2.75, 3.05) is 30.9 Å². The highest BCUT2D eigenvalue weighted by Crippen LogP contribution is 2.13. The number of aliphatic hydroxyl groups excluding tert-OH is 1. The number of sulfone groups is 1. The van der Waals surface area contributed by atoms with E-state index in [1.54, 1.807) is 0 Å². The molecule has 8 heteroatoms. The zero-order valence-electron chi connectivity index (χ0n) is 8.46. The second kappa shape index (κ2) is 4.36. The van der Waals surface area contributed by atoms with Crippen LogP contribution in [0.15, 0.2) is 0 Å². The van der Waals surface area contributed by atoms with Gasteiger partial charge in [-0.15, -0.1) is 0 Å². The molecule has 0 aromatic carbocycles. The molecule has 90 valence electrons. The van der Waals surface area contributed by atoms with E-state index in [4.69, 9.17) is 5.11 Å². The Morgan fingerprint density at radius 3 is 2.27 bits per heavy atom. The molecule has 1 fully saturated rings. The summed E-state index contributed by atoms with van der Waals surface area (Å²) in [6, 6.07) is 0. The van der Waals surface area contributed by atoms with E-state index in [9.17, 15) is 16.8 Å². The SMILES string of the molecule is CS(=O)(=O)CCS(=O)(=O)N1CC[C@H](O)C1. The lowest BCUT2D eigenvalue weighted by molar-refractivity contribution is 0.189. The first-order valence-corrected chi connectivity index (χ1v) is 8.21. The van der Waals surface area contributed by atoms with Crippen molar-refractivity contribution in [3.8, 4) is 0 Å². The minimum atomic E-state index is -3.53. The van der Waals surface area contributed by atoms with Crippen molar-refractivity contribution in [3.05, 3.63) is 0 Å². The molecule has 0 radical (unpaired) electrons. The van der Waals surface area contributed by atoms with Crippen molar-refractivity contribution >= 4 is 19.9 Å². The van der Waals surface area contributed by atoms with Gasteiger partial charge in [0.25, 0.3) is 0 Å². The first-order valence-electron chi connectivity index (χ1n) is 4.54. The predicted molar refractivity (Wildman–Crippen MR) is 55.7 cm³/mol. The molecule has 0 aromatic rings. The van der Waals surface area contributed by atoms with Crippen LogP contribution in [0.2, 0.25) is 0 Å². The van der Waals surface area contributed by atoms with Crippen molar-refractivity contribution in [1.29, 1.82) is 0 Å². The summed E-state index contributed by atoms with van der Waals surface area (Å²) in [6.07, 6.45) is 0.789. The maximum atomic E-state index is 11.6. The minimum absolute atomic E-state index is 0.0755. The molecule has 6 nitrogen and oxygen atoms in total. The van der Waals surface area contributed by atoms with Crippen LogP contribution in [0.5, 0.6) is 0 Å². The number of β-amino-alcohol motifs (C(OH)–C–C–N with tert-alkyl or cyclic N) is 1. The van der Waals surface area contributed by atoms with Crippen LogP contribution >= 0.6 is 0 Å². The second-order valence-corrected chi connectivity index (χ2v) is 8.09. The van der Waals surface area contributed by atoms with E-state index < -0.39 is 31.7 Å². The van der Waals surface area contributed by atoms with Gasteiger partial charge >= 0.3 is 0 Å². The van der Waals surface area contributed by atoms with E-state index in [1.165, 1.54) is 0 Å². The first kappa shape index (κ1) is 12.9. The monoisotopic (exact) mass is 257 g/mol. The van der Waals surface area contributed by atoms with Gasteiger partial charge in [0, 0.05) is 19.3 Å². The second-order valence-electron chi connectivity index (χ2n) is 3.75. The van der Waals surface area contributed by atoms with Gasteiger partial charge in [-0.3, -0.25) is 0 Å². The maximum absolute atomic E-state index is 11.6. The molecule has 15 heavy (non-hydrogen) atoms. The van der Waals surface area contributed by atoms with Gasteiger partial charge in [0.1, 0.15) is 9.84 Å². The van der Waals surface area contributed by atoms with E-state index in [1.807, 2.05) is 0 Å². The number of rotatable bonds is 4. The van der Waals surface area contributed by atoms with E-state index in [2.05, 4.69) is 0 Å². The van der Waals surface area contributed by atoms with E-state index >= 15 is 0 Å². The van der Waals surface area contributed by atoms with Crippen molar-refractivity contribution in [2.24, 2.45) is 0 Å². The Bertz CT molecular complexity index is 413. The number of hydrogen-bond donors (Lipinski definition) is 1. The van der Waals surface area contributed by atoms with Gasteiger partial charge in [0.2, 0.25) is 10.0 Å². The minimum Gasteiger partial charge on any atom is -0.392 e. The number of nitrogens with zero attached hydrogens (tertiary/aromatic N) is 1. The van der Waals surface area contributed by atoms with Crippen LogP contribution in [0.1, 0.15) is 6.42 Å². The Balaban J connectivity index is 2.60. The summed E-state index contributed by atoms with van der Waals surface area (Å²) in [4.78, 5) is 0. The molecule has 1 heterocycles. The Morgan fingerprint density at radius 2 is 1.87 bits per heavy atom. The van der Waals surface area contributed by atoms with Crippen LogP contribution in [0.25, 0.3) is 0 Å².